The molecule has 0 saturated heterocycles. The Labute approximate surface area is 109 Å². The van der Waals surface area contributed by atoms with E-state index in [0.717, 1.165) is 25.7 Å². The molecule has 0 rings (SSSR count). The lowest BCUT2D eigenvalue weighted by Crippen LogP contribution is -2.20. The van der Waals surface area contributed by atoms with Crippen molar-refractivity contribution >= 4 is 13.4 Å². The Morgan fingerprint density at radius 3 is 1.94 bits per heavy atom. The number of hydrogen-bond donors (Lipinski definition) is 0. The molecule has 104 valence electrons. The standard InChI is InChI=1S/C12H22NO4P/c1-4-6-8-16-18(15,17-9-7-5-2)12(10-13)11(3)14/h12H,4-9H2,1-3H3/t12-/m1/s1. The summed E-state index contributed by atoms with van der Waals surface area (Å²) in [5.74, 6) is -0.478. The molecule has 0 aliphatic heterocycles. The van der Waals surface area contributed by atoms with Crippen LogP contribution in [-0.2, 0) is 18.4 Å². The number of ketones is 1. The maximum atomic E-state index is 12.4. The molecule has 0 N–H and O–H groups in total. The third kappa shape index (κ3) is 5.77. The summed E-state index contributed by atoms with van der Waals surface area (Å²) in [5, 5.41) is 8.94. The number of nitriles is 1. The van der Waals surface area contributed by atoms with E-state index in [-0.39, 0.29) is 13.2 Å². The first-order valence-corrected chi connectivity index (χ1v) is 7.91. The quantitative estimate of drug-likeness (QED) is 0.451. The lowest BCUT2D eigenvalue weighted by atomic mass is 10.3. The van der Waals surface area contributed by atoms with E-state index in [1.54, 1.807) is 6.07 Å². The Morgan fingerprint density at radius 2 is 1.67 bits per heavy atom. The van der Waals surface area contributed by atoms with E-state index >= 15 is 0 Å². The van der Waals surface area contributed by atoms with Crippen molar-refractivity contribution < 1.29 is 18.4 Å². The fourth-order valence-electron chi connectivity index (χ4n) is 1.24. The molecule has 0 bridgehead atoms. The molecule has 0 heterocycles. The van der Waals surface area contributed by atoms with Gasteiger partial charge in [-0.1, -0.05) is 26.7 Å². The zero-order valence-electron chi connectivity index (χ0n) is 11.3. The number of nitrogens with zero attached hydrogens (tertiary/aromatic N) is 1. The zero-order chi connectivity index (χ0) is 14.0. The fourth-order valence-corrected chi connectivity index (χ4v) is 2.97. The minimum atomic E-state index is -3.66. The minimum Gasteiger partial charge on any atom is -0.307 e. The van der Waals surface area contributed by atoms with E-state index in [1.807, 2.05) is 13.8 Å². The molecule has 0 aliphatic rings. The molecule has 0 aromatic heterocycles. The van der Waals surface area contributed by atoms with Crippen LogP contribution < -0.4 is 0 Å². The molecule has 5 nitrogen and oxygen atoms in total. The van der Waals surface area contributed by atoms with Crippen LogP contribution in [-0.4, -0.2) is 24.7 Å². The number of rotatable bonds is 10. The number of carbonyl (C=O) groups is 1. The normalized spacial score (nSPS) is 13.0. The maximum Gasteiger partial charge on any atom is 0.355 e. The van der Waals surface area contributed by atoms with Crippen LogP contribution in [0.2, 0.25) is 0 Å². The summed E-state index contributed by atoms with van der Waals surface area (Å²) in [6.07, 6.45) is 3.20. The molecule has 0 fully saturated rings. The lowest BCUT2D eigenvalue weighted by Gasteiger charge is -2.20. The molecule has 0 aliphatic carbocycles. The number of hydrogen-bond acceptors (Lipinski definition) is 5. The van der Waals surface area contributed by atoms with Gasteiger partial charge in [0.25, 0.3) is 0 Å². The summed E-state index contributed by atoms with van der Waals surface area (Å²) in [5.41, 5.74) is -1.31. The Kier molecular flexibility index (Phi) is 8.91. The van der Waals surface area contributed by atoms with Crippen molar-refractivity contribution in [1.29, 1.82) is 5.26 Å². The second-order valence-electron chi connectivity index (χ2n) is 4.06. The van der Waals surface area contributed by atoms with Crippen molar-refractivity contribution in [3.8, 4) is 6.07 Å². The Morgan fingerprint density at radius 1 is 1.22 bits per heavy atom. The third-order valence-electron chi connectivity index (χ3n) is 2.36. The molecular formula is C12H22NO4P. The molecule has 18 heavy (non-hydrogen) atoms. The minimum absolute atomic E-state index is 0.241. The van der Waals surface area contributed by atoms with Gasteiger partial charge in [-0.25, -0.2) is 0 Å². The van der Waals surface area contributed by atoms with E-state index in [1.165, 1.54) is 6.92 Å². The van der Waals surface area contributed by atoms with Gasteiger partial charge in [0.1, 0.15) is 0 Å². The van der Waals surface area contributed by atoms with Gasteiger partial charge in [-0.3, -0.25) is 9.36 Å². The Balaban J connectivity index is 4.72. The Bertz CT molecular complexity index is 323. The van der Waals surface area contributed by atoms with Crippen LogP contribution >= 0.6 is 7.60 Å². The topological polar surface area (TPSA) is 76.4 Å². The van der Waals surface area contributed by atoms with E-state index in [2.05, 4.69) is 0 Å². The number of unbranched alkanes of at least 4 members (excludes halogenated alkanes) is 2. The van der Waals surface area contributed by atoms with Crippen molar-refractivity contribution in [3.63, 3.8) is 0 Å². The fraction of sp³-hybridized carbons (Fsp3) is 0.833. The van der Waals surface area contributed by atoms with Crippen molar-refractivity contribution in [3.05, 3.63) is 0 Å². The second-order valence-corrected chi connectivity index (χ2v) is 6.17. The van der Waals surface area contributed by atoms with Gasteiger partial charge in [-0.05, 0) is 19.8 Å². The first-order chi connectivity index (χ1) is 8.51. The van der Waals surface area contributed by atoms with Crippen molar-refractivity contribution in [2.45, 2.75) is 52.1 Å². The molecule has 0 spiro atoms. The van der Waals surface area contributed by atoms with Crippen molar-refractivity contribution in [2.75, 3.05) is 13.2 Å². The highest BCUT2D eigenvalue weighted by Gasteiger charge is 2.39. The highest BCUT2D eigenvalue weighted by molar-refractivity contribution is 7.56. The van der Waals surface area contributed by atoms with E-state index in [4.69, 9.17) is 14.3 Å². The van der Waals surface area contributed by atoms with Gasteiger partial charge < -0.3 is 9.05 Å². The average Bonchev–Trinajstić information content (AvgIpc) is 2.30. The van der Waals surface area contributed by atoms with Crippen LogP contribution in [0.1, 0.15) is 46.5 Å². The highest BCUT2D eigenvalue weighted by atomic mass is 31.2. The molecule has 0 radical (unpaired) electrons. The van der Waals surface area contributed by atoms with Crippen molar-refractivity contribution in [2.24, 2.45) is 0 Å². The van der Waals surface area contributed by atoms with E-state index < -0.39 is 19.0 Å². The largest absolute Gasteiger partial charge is 0.355 e. The molecule has 1 atom stereocenters. The van der Waals surface area contributed by atoms with Crippen molar-refractivity contribution in [1.82, 2.24) is 0 Å². The van der Waals surface area contributed by atoms with Gasteiger partial charge in [0.05, 0.1) is 19.3 Å². The predicted molar refractivity (Wildman–Crippen MR) is 69.4 cm³/mol. The summed E-state index contributed by atoms with van der Waals surface area (Å²) in [7, 11) is -3.66. The molecule has 0 amide bonds. The van der Waals surface area contributed by atoms with Crippen LogP contribution in [0.4, 0.5) is 0 Å². The third-order valence-corrected chi connectivity index (χ3v) is 4.56. The van der Waals surface area contributed by atoms with E-state index in [9.17, 15) is 9.36 Å². The van der Waals surface area contributed by atoms with Crippen LogP contribution in [0, 0.1) is 11.3 Å². The lowest BCUT2D eigenvalue weighted by molar-refractivity contribution is -0.116. The van der Waals surface area contributed by atoms with Gasteiger partial charge in [-0.15, -0.1) is 0 Å². The summed E-state index contributed by atoms with van der Waals surface area (Å²) in [6.45, 7) is 5.65. The summed E-state index contributed by atoms with van der Waals surface area (Å²) in [4.78, 5) is 11.3. The SMILES string of the molecule is CCCCOP(=O)(OCCCC)[C@H](C#N)C(C)=O. The number of carbonyl (C=O) groups excluding carboxylic acids is 1. The summed E-state index contributed by atoms with van der Waals surface area (Å²) >= 11 is 0. The highest BCUT2D eigenvalue weighted by Crippen LogP contribution is 2.53. The summed E-state index contributed by atoms with van der Waals surface area (Å²) in [6, 6.07) is 1.73. The van der Waals surface area contributed by atoms with E-state index in [0.29, 0.717) is 0 Å². The molecule has 6 heteroatoms. The average molecular weight is 275 g/mol. The monoisotopic (exact) mass is 275 g/mol. The smallest absolute Gasteiger partial charge is 0.307 e. The predicted octanol–water partition coefficient (Wildman–Crippen LogP) is 3.29. The van der Waals surface area contributed by atoms with Gasteiger partial charge in [0, 0.05) is 0 Å². The van der Waals surface area contributed by atoms with Crippen LogP contribution in [0.3, 0.4) is 0 Å². The molecule has 0 unspecified atom stereocenters. The molecule has 0 saturated carbocycles. The number of Topliss-reactive ketones (excluding diaryl/α,β-unsaturated/α-hetero) is 1. The van der Waals surface area contributed by atoms with Gasteiger partial charge in [-0.2, -0.15) is 5.26 Å². The zero-order valence-corrected chi connectivity index (χ0v) is 12.2. The van der Waals surface area contributed by atoms with Gasteiger partial charge >= 0.3 is 7.60 Å². The van der Waals surface area contributed by atoms with Crippen LogP contribution in [0.5, 0.6) is 0 Å². The van der Waals surface area contributed by atoms with Gasteiger partial charge in [0.2, 0.25) is 5.66 Å². The van der Waals surface area contributed by atoms with Gasteiger partial charge in [0.15, 0.2) is 5.78 Å². The molecule has 0 aromatic carbocycles. The molecule has 0 aromatic rings. The van der Waals surface area contributed by atoms with Crippen LogP contribution in [0.15, 0.2) is 0 Å². The maximum absolute atomic E-state index is 12.4. The molecular weight excluding hydrogens is 253 g/mol. The summed E-state index contributed by atoms with van der Waals surface area (Å²) < 4.78 is 22.9. The Hall–Kier alpha value is -0.690. The first kappa shape index (κ1) is 17.3. The second kappa shape index (κ2) is 9.27. The van der Waals surface area contributed by atoms with Crippen LogP contribution in [0.25, 0.3) is 0 Å². The first-order valence-electron chi connectivity index (χ1n) is 6.30.